The molecule has 10 nitrogen and oxygen atoms in total. The number of Topliss-reactive ketones (excluding diaryl/α,β-unsaturated/α-hetero) is 1. The summed E-state index contributed by atoms with van der Waals surface area (Å²) in [6, 6.07) is 17.4. The number of carbonyl (C=O) groups excluding carboxylic acids is 3. The number of nitrogens with zero attached hydrogens (tertiary/aromatic N) is 2. The van der Waals surface area contributed by atoms with E-state index in [1.54, 1.807) is 48.1 Å². The zero-order valence-electron chi connectivity index (χ0n) is 22.1. The number of oxazole rings is 1. The second kappa shape index (κ2) is 11.4. The van der Waals surface area contributed by atoms with Crippen LogP contribution in [0.25, 0.3) is 21.8 Å². The van der Waals surface area contributed by atoms with Gasteiger partial charge in [0.2, 0.25) is 5.91 Å². The van der Waals surface area contributed by atoms with Crippen LogP contribution in [0.2, 0.25) is 0 Å². The number of amides is 2. The minimum Gasteiger partial charge on any atom is -0.444 e. The molecule has 212 valence electrons. The van der Waals surface area contributed by atoms with E-state index in [4.69, 9.17) is 4.42 Å². The lowest BCUT2D eigenvalue weighted by Crippen LogP contribution is -2.41. The Morgan fingerprint density at radius 2 is 1.73 bits per heavy atom. The number of benzene rings is 2. The zero-order chi connectivity index (χ0) is 29.2. The molecule has 1 atom stereocenters. The predicted octanol–water partition coefficient (Wildman–Crippen LogP) is 4.32. The second-order valence-electron chi connectivity index (χ2n) is 9.78. The van der Waals surface area contributed by atoms with Gasteiger partial charge in [-0.1, -0.05) is 42.5 Å². The van der Waals surface area contributed by atoms with Crippen molar-refractivity contribution in [1.29, 1.82) is 0 Å². The molecular weight excluding hydrogens is 566 g/mol. The van der Waals surface area contributed by atoms with Crippen molar-refractivity contribution < 1.29 is 32.4 Å². The highest BCUT2D eigenvalue weighted by Crippen LogP contribution is 2.45. The lowest BCUT2D eigenvalue weighted by Gasteiger charge is -2.30. The molecule has 4 aromatic rings. The first-order valence-electron chi connectivity index (χ1n) is 12.8. The van der Waals surface area contributed by atoms with Gasteiger partial charge < -0.3 is 9.32 Å². The van der Waals surface area contributed by atoms with Gasteiger partial charge >= 0.3 is 0 Å². The van der Waals surface area contributed by atoms with Crippen LogP contribution in [0.3, 0.4) is 0 Å². The number of nitrogens with one attached hydrogen (secondary N) is 1. The Bertz CT molecular complexity index is 1700. The quantitative estimate of drug-likeness (QED) is 0.183. The van der Waals surface area contributed by atoms with Gasteiger partial charge in [-0.05, 0) is 37.1 Å². The van der Waals surface area contributed by atoms with Crippen molar-refractivity contribution in [3.63, 3.8) is 0 Å². The molecule has 1 aliphatic rings. The number of hydroxylamine groups is 1. The molecule has 41 heavy (non-hydrogen) atoms. The monoisotopic (exact) mass is 593 g/mol. The molecule has 1 saturated heterocycles. The lowest BCUT2D eigenvalue weighted by atomic mass is 9.96. The molecule has 0 spiro atoms. The number of aromatic nitrogens is 1. The molecule has 2 N–H and O–H groups in total. The molecule has 2 aromatic carbocycles. The molecule has 0 saturated carbocycles. The van der Waals surface area contributed by atoms with Crippen molar-refractivity contribution in [3.05, 3.63) is 89.3 Å². The van der Waals surface area contributed by atoms with Crippen molar-refractivity contribution in [2.75, 3.05) is 18.8 Å². The van der Waals surface area contributed by atoms with Crippen LogP contribution < -0.4 is 5.48 Å². The van der Waals surface area contributed by atoms with Crippen LogP contribution in [-0.2, 0) is 19.4 Å². The van der Waals surface area contributed by atoms with Gasteiger partial charge in [-0.15, -0.1) is 11.3 Å². The zero-order valence-corrected chi connectivity index (χ0v) is 23.7. The molecule has 3 heterocycles. The van der Waals surface area contributed by atoms with Gasteiger partial charge in [-0.25, -0.2) is 18.9 Å². The molecule has 1 aliphatic heterocycles. The topological polar surface area (TPSA) is 147 Å². The first-order valence-corrected chi connectivity index (χ1v) is 15.3. The van der Waals surface area contributed by atoms with Crippen LogP contribution in [-0.4, -0.2) is 59.9 Å². The highest BCUT2D eigenvalue weighted by Gasteiger charge is 2.50. The number of carbonyl (C=O) groups is 3. The summed E-state index contributed by atoms with van der Waals surface area (Å²) in [5.74, 6) is -1.34. The Morgan fingerprint density at radius 1 is 1.02 bits per heavy atom. The average molecular weight is 594 g/mol. The van der Waals surface area contributed by atoms with E-state index in [0.717, 1.165) is 16.0 Å². The first-order chi connectivity index (χ1) is 19.6. The maximum Gasteiger partial charge on any atom is 0.254 e. The summed E-state index contributed by atoms with van der Waals surface area (Å²) in [6.45, 7) is 1.30. The number of hydrogen-bond acceptors (Lipinski definition) is 9. The van der Waals surface area contributed by atoms with E-state index in [1.807, 2.05) is 24.3 Å². The van der Waals surface area contributed by atoms with Gasteiger partial charge in [0.1, 0.15) is 4.75 Å². The summed E-state index contributed by atoms with van der Waals surface area (Å²) >= 11 is 1.25. The molecule has 1 fully saturated rings. The van der Waals surface area contributed by atoms with Gasteiger partial charge in [0.15, 0.2) is 27.8 Å². The van der Waals surface area contributed by atoms with E-state index in [0.29, 0.717) is 10.6 Å². The number of sulfone groups is 1. The number of thiophene rings is 1. The smallest absolute Gasteiger partial charge is 0.254 e. The van der Waals surface area contributed by atoms with E-state index in [1.165, 1.54) is 29.6 Å². The molecule has 0 radical (unpaired) electrons. The summed E-state index contributed by atoms with van der Waals surface area (Å²) in [5, 5.41) is 9.33. The fraction of sp³-hybridized carbons (Fsp3) is 0.241. The predicted molar refractivity (Wildman–Crippen MR) is 152 cm³/mol. The molecule has 5 rings (SSSR count). The number of ketones is 1. The van der Waals surface area contributed by atoms with E-state index in [2.05, 4.69) is 4.98 Å². The third-order valence-electron chi connectivity index (χ3n) is 7.35. The number of rotatable bonds is 7. The molecule has 12 heteroatoms. The molecular formula is C29H27N3O7S2. The maximum atomic E-state index is 13.9. The molecule has 0 aliphatic carbocycles. The van der Waals surface area contributed by atoms with E-state index in [-0.39, 0.29) is 36.4 Å². The Kier molecular flexibility index (Phi) is 7.89. The van der Waals surface area contributed by atoms with Crippen LogP contribution in [0.4, 0.5) is 0 Å². The molecule has 2 amide bonds. The summed E-state index contributed by atoms with van der Waals surface area (Å²) in [4.78, 5) is 44.6. The third kappa shape index (κ3) is 5.45. The summed E-state index contributed by atoms with van der Waals surface area (Å²) in [6.07, 6.45) is 2.38. The SMILES string of the molecule is CC(=O)c1ccccc1C(=O)N1CCC(CC(=O)NO)(c2ccc(-c3ccc(-c4cnco4)cc3)s2)S(=O)(=O)CC1. The largest absolute Gasteiger partial charge is 0.444 e. The average Bonchev–Trinajstić information content (AvgIpc) is 3.67. The van der Waals surface area contributed by atoms with E-state index < -0.39 is 38.6 Å². The van der Waals surface area contributed by atoms with Gasteiger partial charge in [0.05, 0.1) is 23.9 Å². The normalized spacial score (nSPS) is 18.4. The van der Waals surface area contributed by atoms with Crippen LogP contribution in [0.1, 0.15) is 45.4 Å². The lowest BCUT2D eigenvalue weighted by molar-refractivity contribution is -0.129. The van der Waals surface area contributed by atoms with Crippen molar-refractivity contribution in [2.24, 2.45) is 0 Å². The standard InChI is InChI=1S/C29H27N3O7S2/c1-19(33)22-4-2-3-5-23(22)28(35)32-13-12-29(16-27(34)31-36,41(37,38)15-14-32)26-11-10-25(40-26)21-8-6-20(7-9-21)24-17-30-18-39-24/h2-11,17-18,36H,12-16H2,1H3,(H,31,34). The van der Waals surface area contributed by atoms with Gasteiger partial charge in [-0.2, -0.15) is 0 Å². The minimum absolute atomic E-state index is 0.0299. The van der Waals surface area contributed by atoms with Crippen LogP contribution in [0.15, 0.2) is 77.7 Å². The first kappa shape index (κ1) is 28.4. The van der Waals surface area contributed by atoms with E-state index >= 15 is 0 Å². The fourth-order valence-electron chi connectivity index (χ4n) is 5.11. The minimum atomic E-state index is -4.00. The highest BCUT2D eigenvalue weighted by molar-refractivity contribution is 7.92. The van der Waals surface area contributed by atoms with Gasteiger partial charge in [0.25, 0.3) is 5.91 Å². The molecule has 1 unspecified atom stereocenters. The third-order valence-corrected chi connectivity index (χ3v) is 11.3. The highest BCUT2D eigenvalue weighted by atomic mass is 32.2. The van der Waals surface area contributed by atoms with Crippen LogP contribution >= 0.6 is 11.3 Å². The van der Waals surface area contributed by atoms with Gasteiger partial charge in [0, 0.05) is 34.0 Å². The summed E-state index contributed by atoms with van der Waals surface area (Å²) in [7, 11) is -4.00. The molecule has 0 bridgehead atoms. The van der Waals surface area contributed by atoms with Crippen LogP contribution in [0.5, 0.6) is 0 Å². The Hall–Kier alpha value is -4.13. The Morgan fingerprint density at radius 3 is 2.39 bits per heavy atom. The Balaban J connectivity index is 1.49. The van der Waals surface area contributed by atoms with Crippen molar-refractivity contribution in [3.8, 4) is 21.8 Å². The summed E-state index contributed by atoms with van der Waals surface area (Å²) < 4.78 is 31.5. The Labute approximate surface area is 240 Å². The fourth-order valence-corrected chi connectivity index (χ4v) is 8.72. The van der Waals surface area contributed by atoms with Crippen molar-refractivity contribution in [1.82, 2.24) is 15.4 Å². The summed E-state index contributed by atoms with van der Waals surface area (Å²) in [5.41, 5.74) is 3.71. The second-order valence-corrected chi connectivity index (χ2v) is 13.3. The van der Waals surface area contributed by atoms with E-state index in [9.17, 15) is 28.0 Å². The maximum absolute atomic E-state index is 13.9. The van der Waals surface area contributed by atoms with Crippen molar-refractivity contribution >= 4 is 38.8 Å². The van der Waals surface area contributed by atoms with Crippen molar-refractivity contribution in [2.45, 2.75) is 24.5 Å². The number of hydrogen-bond donors (Lipinski definition) is 2. The molecule has 2 aromatic heterocycles. The van der Waals surface area contributed by atoms with Crippen LogP contribution in [0, 0.1) is 0 Å². The van der Waals surface area contributed by atoms with Gasteiger partial charge in [-0.3, -0.25) is 19.6 Å².